The molecule has 7 heteroatoms. The van der Waals surface area contributed by atoms with Crippen molar-refractivity contribution in [2.24, 2.45) is 0 Å². The van der Waals surface area contributed by atoms with Gasteiger partial charge >= 0.3 is 0 Å². The van der Waals surface area contributed by atoms with Crippen molar-refractivity contribution in [2.45, 2.75) is 27.2 Å². The van der Waals surface area contributed by atoms with Crippen molar-refractivity contribution in [3.8, 4) is 17.2 Å². The average Bonchev–Trinajstić information content (AvgIpc) is 3.17. The lowest BCUT2D eigenvalue weighted by Gasteiger charge is -2.13. The van der Waals surface area contributed by atoms with Crippen LogP contribution in [0.5, 0.6) is 5.75 Å². The number of carbonyl (C=O) groups excluding carboxylic acids is 1. The maximum absolute atomic E-state index is 12.5. The van der Waals surface area contributed by atoms with Crippen LogP contribution in [0, 0.1) is 13.8 Å². The SMILES string of the molecule is CCc1ccc2oc(-c3ccc(Cl)c(NC(=O)COc4c(C)cc(C)cc4Cl)c3)nc2c1. The van der Waals surface area contributed by atoms with Gasteiger partial charge < -0.3 is 14.5 Å². The molecular weight excluding hydrogens is 447 g/mol. The lowest BCUT2D eigenvalue weighted by molar-refractivity contribution is -0.118. The van der Waals surface area contributed by atoms with Gasteiger partial charge in [0.1, 0.15) is 11.3 Å². The van der Waals surface area contributed by atoms with E-state index in [2.05, 4.69) is 17.2 Å². The van der Waals surface area contributed by atoms with Crippen molar-refractivity contribution < 1.29 is 13.9 Å². The van der Waals surface area contributed by atoms with Gasteiger partial charge in [0.05, 0.1) is 15.7 Å². The van der Waals surface area contributed by atoms with Crippen LogP contribution in [-0.4, -0.2) is 17.5 Å². The smallest absolute Gasteiger partial charge is 0.262 e. The number of rotatable bonds is 6. The molecule has 0 unspecified atom stereocenters. The fourth-order valence-electron chi connectivity index (χ4n) is 3.48. The van der Waals surface area contributed by atoms with Crippen LogP contribution in [0.4, 0.5) is 5.69 Å². The molecule has 0 aliphatic carbocycles. The zero-order chi connectivity index (χ0) is 22.8. The van der Waals surface area contributed by atoms with Gasteiger partial charge in [0.25, 0.3) is 5.91 Å². The molecular formula is C25H22Cl2N2O3. The number of nitrogens with zero attached hydrogens (tertiary/aromatic N) is 1. The molecule has 0 saturated carbocycles. The molecule has 32 heavy (non-hydrogen) atoms. The highest BCUT2D eigenvalue weighted by Crippen LogP contribution is 2.32. The van der Waals surface area contributed by atoms with Crippen molar-refractivity contribution in [1.82, 2.24) is 4.98 Å². The highest BCUT2D eigenvalue weighted by atomic mass is 35.5. The highest BCUT2D eigenvalue weighted by molar-refractivity contribution is 6.34. The van der Waals surface area contributed by atoms with Crippen molar-refractivity contribution >= 4 is 45.9 Å². The van der Waals surface area contributed by atoms with Crippen LogP contribution in [0.3, 0.4) is 0 Å². The molecule has 5 nitrogen and oxygen atoms in total. The molecule has 1 amide bonds. The van der Waals surface area contributed by atoms with E-state index in [-0.39, 0.29) is 12.5 Å². The van der Waals surface area contributed by atoms with Gasteiger partial charge in [0.15, 0.2) is 12.2 Å². The number of benzene rings is 3. The molecule has 1 heterocycles. The number of halogens is 2. The van der Waals surface area contributed by atoms with Gasteiger partial charge in [-0.25, -0.2) is 4.98 Å². The van der Waals surface area contributed by atoms with Gasteiger partial charge in [-0.05, 0) is 73.4 Å². The molecule has 0 saturated heterocycles. The van der Waals surface area contributed by atoms with Crippen LogP contribution in [0.15, 0.2) is 52.9 Å². The number of hydrogen-bond donors (Lipinski definition) is 1. The molecule has 1 aromatic heterocycles. The summed E-state index contributed by atoms with van der Waals surface area (Å²) < 4.78 is 11.5. The standard InChI is InChI=1S/C25H22Cl2N2O3/c1-4-16-5-8-22-21(11-16)29-25(32-22)17-6-7-18(26)20(12-17)28-23(30)13-31-24-15(3)9-14(2)10-19(24)27/h5-12H,4,13H2,1-3H3,(H,28,30). The minimum Gasteiger partial charge on any atom is -0.482 e. The Labute approximate surface area is 196 Å². The molecule has 0 radical (unpaired) electrons. The Balaban J connectivity index is 1.51. The summed E-state index contributed by atoms with van der Waals surface area (Å²) in [7, 11) is 0. The lowest BCUT2D eigenvalue weighted by atomic mass is 10.1. The summed E-state index contributed by atoms with van der Waals surface area (Å²) in [5.41, 5.74) is 5.72. The Morgan fingerprint density at radius 2 is 1.88 bits per heavy atom. The Morgan fingerprint density at radius 3 is 2.62 bits per heavy atom. The molecule has 3 aromatic carbocycles. The highest BCUT2D eigenvalue weighted by Gasteiger charge is 2.14. The molecule has 4 rings (SSSR count). The van der Waals surface area contributed by atoms with Crippen LogP contribution in [-0.2, 0) is 11.2 Å². The summed E-state index contributed by atoms with van der Waals surface area (Å²) in [6.07, 6.45) is 0.921. The third-order valence-electron chi connectivity index (χ3n) is 5.07. The number of ether oxygens (including phenoxy) is 1. The second-order valence-electron chi connectivity index (χ2n) is 7.60. The van der Waals surface area contributed by atoms with Crippen LogP contribution in [0.2, 0.25) is 10.0 Å². The Kier molecular flexibility index (Phi) is 6.40. The average molecular weight is 469 g/mol. The van der Waals surface area contributed by atoms with Gasteiger partial charge in [0.2, 0.25) is 5.89 Å². The van der Waals surface area contributed by atoms with E-state index in [1.165, 1.54) is 5.56 Å². The van der Waals surface area contributed by atoms with E-state index in [4.69, 9.17) is 32.4 Å². The first-order valence-electron chi connectivity index (χ1n) is 10.2. The molecule has 0 aliphatic rings. The Morgan fingerprint density at radius 1 is 1.06 bits per heavy atom. The number of amides is 1. The molecule has 1 N–H and O–H groups in total. The predicted octanol–water partition coefficient (Wildman–Crippen LogP) is 7.00. The zero-order valence-electron chi connectivity index (χ0n) is 18.0. The second kappa shape index (κ2) is 9.23. The molecule has 0 atom stereocenters. The quantitative estimate of drug-likeness (QED) is 0.330. The summed E-state index contributed by atoms with van der Waals surface area (Å²) in [5, 5.41) is 3.65. The van der Waals surface area contributed by atoms with Gasteiger partial charge in [-0.3, -0.25) is 4.79 Å². The molecule has 0 spiro atoms. The van der Waals surface area contributed by atoms with E-state index < -0.39 is 0 Å². The zero-order valence-corrected chi connectivity index (χ0v) is 19.5. The molecule has 164 valence electrons. The number of fused-ring (bicyclic) bond motifs is 1. The van der Waals surface area contributed by atoms with Crippen LogP contribution < -0.4 is 10.1 Å². The molecule has 4 aromatic rings. The van der Waals surface area contributed by atoms with E-state index in [0.717, 1.165) is 23.1 Å². The fourth-order valence-corrected chi connectivity index (χ4v) is 4.02. The van der Waals surface area contributed by atoms with E-state index in [1.807, 2.05) is 38.1 Å². The summed E-state index contributed by atoms with van der Waals surface area (Å²) in [5.74, 6) is 0.592. The van der Waals surface area contributed by atoms with Crippen LogP contribution in [0.1, 0.15) is 23.6 Å². The van der Waals surface area contributed by atoms with Gasteiger partial charge in [-0.1, -0.05) is 42.3 Å². The van der Waals surface area contributed by atoms with E-state index in [1.54, 1.807) is 24.3 Å². The third-order valence-corrected chi connectivity index (χ3v) is 5.68. The number of oxazole rings is 1. The Bertz CT molecular complexity index is 1290. The first-order chi connectivity index (χ1) is 15.3. The third kappa shape index (κ3) is 4.74. The number of aromatic nitrogens is 1. The first-order valence-corrected chi connectivity index (χ1v) is 11.0. The monoisotopic (exact) mass is 468 g/mol. The minimum atomic E-state index is -0.356. The summed E-state index contributed by atoms with van der Waals surface area (Å²) in [4.78, 5) is 17.1. The van der Waals surface area contributed by atoms with Gasteiger partial charge in [0, 0.05) is 5.56 Å². The first kappa shape index (κ1) is 22.2. The van der Waals surface area contributed by atoms with E-state index >= 15 is 0 Å². The predicted molar refractivity (Wildman–Crippen MR) is 129 cm³/mol. The number of nitrogens with one attached hydrogen (secondary N) is 1. The van der Waals surface area contributed by atoms with Gasteiger partial charge in [-0.15, -0.1) is 0 Å². The van der Waals surface area contributed by atoms with Crippen molar-refractivity contribution in [3.05, 3.63) is 75.3 Å². The normalized spacial score (nSPS) is 11.0. The topological polar surface area (TPSA) is 64.4 Å². The molecule has 0 fully saturated rings. The maximum Gasteiger partial charge on any atom is 0.262 e. The number of anilines is 1. The number of hydrogen-bond acceptors (Lipinski definition) is 4. The lowest BCUT2D eigenvalue weighted by Crippen LogP contribution is -2.20. The van der Waals surface area contributed by atoms with Crippen LogP contribution >= 0.6 is 23.2 Å². The number of carbonyl (C=O) groups is 1. The minimum absolute atomic E-state index is 0.202. The fraction of sp³-hybridized carbons (Fsp3) is 0.200. The van der Waals surface area contributed by atoms with Crippen molar-refractivity contribution in [2.75, 3.05) is 11.9 Å². The van der Waals surface area contributed by atoms with Gasteiger partial charge in [-0.2, -0.15) is 0 Å². The largest absolute Gasteiger partial charge is 0.482 e. The van der Waals surface area contributed by atoms with Crippen molar-refractivity contribution in [1.29, 1.82) is 0 Å². The van der Waals surface area contributed by atoms with E-state index in [9.17, 15) is 4.79 Å². The van der Waals surface area contributed by atoms with Crippen LogP contribution in [0.25, 0.3) is 22.6 Å². The summed E-state index contributed by atoms with van der Waals surface area (Å²) in [6.45, 7) is 5.72. The van der Waals surface area contributed by atoms with Crippen molar-refractivity contribution in [3.63, 3.8) is 0 Å². The molecule has 0 bridgehead atoms. The Hall–Kier alpha value is -3.02. The summed E-state index contributed by atoms with van der Waals surface area (Å²) in [6, 6.07) is 14.9. The summed E-state index contributed by atoms with van der Waals surface area (Å²) >= 11 is 12.6. The second-order valence-corrected chi connectivity index (χ2v) is 8.41. The molecule has 0 aliphatic heterocycles. The maximum atomic E-state index is 12.5. The number of aryl methyl sites for hydroxylation is 3. The van der Waals surface area contributed by atoms with E-state index in [0.29, 0.717) is 38.5 Å².